The van der Waals surface area contributed by atoms with Crippen LogP contribution in [0.1, 0.15) is 28.5 Å². The molecule has 0 atom stereocenters. The summed E-state index contributed by atoms with van der Waals surface area (Å²) in [5, 5.41) is 17.7. The van der Waals surface area contributed by atoms with Gasteiger partial charge in [0.25, 0.3) is 17.2 Å². The van der Waals surface area contributed by atoms with Crippen molar-refractivity contribution in [2.45, 2.75) is 13.3 Å². The van der Waals surface area contributed by atoms with Crippen LogP contribution in [0.15, 0.2) is 64.5 Å². The third-order valence-electron chi connectivity index (χ3n) is 4.56. The highest BCUT2D eigenvalue weighted by Crippen LogP contribution is 2.15. The van der Waals surface area contributed by atoms with E-state index in [2.05, 4.69) is 20.4 Å². The number of amides is 1. The van der Waals surface area contributed by atoms with Crippen LogP contribution < -0.4 is 11.0 Å². The number of aromatic amines is 1. The minimum Gasteiger partial charge on any atom is -0.469 e. The van der Waals surface area contributed by atoms with E-state index in [1.807, 2.05) is 0 Å². The van der Waals surface area contributed by atoms with E-state index in [0.29, 0.717) is 11.3 Å². The van der Waals surface area contributed by atoms with E-state index < -0.39 is 22.4 Å². The van der Waals surface area contributed by atoms with Crippen molar-refractivity contribution in [1.82, 2.24) is 15.2 Å². The molecule has 1 aromatic heterocycles. The van der Waals surface area contributed by atoms with Crippen molar-refractivity contribution in [2.24, 2.45) is 5.10 Å². The molecule has 3 rings (SSSR count). The van der Waals surface area contributed by atoms with Crippen LogP contribution in [-0.2, 0) is 16.0 Å². The van der Waals surface area contributed by atoms with Crippen molar-refractivity contribution in [2.75, 3.05) is 7.11 Å². The molecule has 0 fully saturated rings. The van der Waals surface area contributed by atoms with Gasteiger partial charge in [-0.05, 0) is 31.2 Å². The lowest BCUT2D eigenvalue weighted by molar-refractivity contribution is -0.384. The van der Waals surface area contributed by atoms with Gasteiger partial charge in [0, 0.05) is 17.7 Å². The maximum Gasteiger partial charge on any atom is 0.311 e. The number of nitro benzene ring substituents is 1. The first-order valence-corrected chi connectivity index (χ1v) is 9.37. The topological polar surface area (TPSA) is 149 Å². The van der Waals surface area contributed by atoms with Gasteiger partial charge in [-0.1, -0.05) is 18.2 Å². The molecule has 1 amide bonds. The monoisotopic (exact) mass is 437 g/mol. The SMILES string of the molecule is COC(=O)Cc1[nH]n(-c2ccc([N+](=O)[O-])cc2)c(=O)c1/C(C)=N/NC(=O)c1ccccc1. The molecule has 0 aliphatic rings. The number of H-pyrrole nitrogens is 1. The molecule has 0 radical (unpaired) electrons. The number of benzene rings is 2. The second kappa shape index (κ2) is 9.51. The van der Waals surface area contributed by atoms with E-state index in [0.717, 1.165) is 4.68 Å². The van der Waals surface area contributed by atoms with E-state index in [-0.39, 0.29) is 29.1 Å². The lowest BCUT2D eigenvalue weighted by Gasteiger charge is -2.03. The summed E-state index contributed by atoms with van der Waals surface area (Å²) in [6, 6.07) is 13.7. The summed E-state index contributed by atoms with van der Waals surface area (Å²) in [5.41, 5.74) is 2.86. The fourth-order valence-electron chi connectivity index (χ4n) is 2.95. The van der Waals surface area contributed by atoms with E-state index in [1.165, 1.54) is 38.3 Å². The number of nitrogens with one attached hydrogen (secondary N) is 2. The number of hydrazone groups is 1. The molecular formula is C21H19N5O6. The zero-order valence-corrected chi connectivity index (χ0v) is 17.2. The summed E-state index contributed by atoms with van der Waals surface area (Å²) in [7, 11) is 1.22. The number of carbonyl (C=O) groups excluding carboxylic acids is 2. The first kappa shape index (κ1) is 22.2. The Morgan fingerprint density at radius 2 is 1.81 bits per heavy atom. The van der Waals surface area contributed by atoms with Crippen molar-refractivity contribution in [1.29, 1.82) is 0 Å². The van der Waals surface area contributed by atoms with Crippen LogP contribution in [-0.4, -0.2) is 39.4 Å². The van der Waals surface area contributed by atoms with Gasteiger partial charge in [0.1, 0.15) is 0 Å². The molecule has 0 aliphatic heterocycles. The summed E-state index contributed by atoms with van der Waals surface area (Å²) in [4.78, 5) is 47.5. The van der Waals surface area contributed by atoms with Crippen LogP contribution in [0.3, 0.4) is 0 Å². The molecule has 11 heteroatoms. The van der Waals surface area contributed by atoms with Crippen LogP contribution in [0.5, 0.6) is 0 Å². The molecule has 0 bridgehead atoms. The van der Waals surface area contributed by atoms with Crippen molar-refractivity contribution in [3.63, 3.8) is 0 Å². The molecule has 11 nitrogen and oxygen atoms in total. The zero-order valence-electron chi connectivity index (χ0n) is 17.2. The van der Waals surface area contributed by atoms with Crippen LogP contribution in [0.4, 0.5) is 5.69 Å². The molecule has 0 aliphatic carbocycles. The van der Waals surface area contributed by atoms with Gasteiger partial charge in [0.15, 0.2) is 0 Å². The Labute approximate surface area is 181 Å². The minimum atomic E-state index is -0.593. The molecule has 0 saturated heterocycles. The van der Waals surface area contributed by atoms with Crippen molar-refractivity contribution >= 4 is 23.3 Å². The number of ether oxygens (including phenoxy) is 1. The van der Waals surface area contributed by atoms with Gasteiger partial charge in [-0.3, -0.25) is 29.6 Å². The Kier molecular flexibility index (Phi) is 6.59. The third kappa shape index (κ3) is 4.78. The van der Waals surface area contributed by atoms with Crippen LogP contribution >= 0.6 is 0 Å². The number of methoxy groups -OCH3 is 1. The van der Waals surface area contributed by atoms with Crippen molar-refractivity contribution < 1.29 is 19.2 Å². The van der Waals surface area contributed by atoms with E-state index in [4.69, 9.17) is 0 Å². The molecule has 3 aromatic rings. The predicted octanol–water partition coefficient (Wildman–Crippen LogP) is 1.94. The number of carbonyl (C=O) groups is 2. The fraction of sp³-hybridized carbons (Fsp3) is 0.143. The molecule has 0 spiro atoms. The number of hydrogen-bond acceptors (Lipinski definition) is 7. The third-order valence-corrected chi connectivity index (χ3v) is 4.56. The van der Waals surface area contributed by atoms with Gasteiger partial charge < -0.3 is 4.74 Å². The lowest BCUT2D eigenvalue weighted by atomic mass is 10.1. The highest BCUT2D eigenvalue weighted by molar-refractivity contribution is 6.02. The van der Waals surface area contributed by atoms with Gasteiger partial charge in [-0.15, -0.1) is 0 Å². The minimum absolute atomic E-state index is 0.0714. The number of nitro groups is 1. The number of aromatic nitrogens is 2. The Bertz CT molecular complexity index is 1240. The molecule has 32 heavy (non-hydrogen) atoms. The number of esters is 1. The molecular weight excluding hydrogens is 418 g/mol. The average Bonchev–Trinajstić information content (AvgIpc) is 3.13. The summed E-state index contributed by atoms with van der Waals surface area (Å²) in [6.07, 6.45) is -0.249. The zero-order chi connectivity index (χ0) is 23.3. The average molecular weight is 437 g/mol. The number of nitrogens with zero attached hydrogens (tertiary/aromatic N) is 3. The highest BCUT2D eigenvalue weighted by atomic mass is 16.6. The number of rotatable bonds is 7. The molecule has 1 heterocycles. The normalized spacial score (nSPS) is 11.1. The van der Waals surface area contributed by atoms with Gasteiger partial charge in [0.05, 0.1) is 41.1 Å². The van der Waals surface area contributed by atoms with Crippen molar-refractivity contribution in [3.8, 4) is 5.69 Å². The van der Waals surface area contributed by atoms with Gasteiger partial charge >= 0.3 is 5.97 Å². The van der Waals surface area contributed by atoms with Gasteiger partial charge in [-0.25, -0.2) is 10.1 Å². The Hall–Kier alpha value is -4.54. The fourth-order valence-corrected chi connectivity index (χ4v) is 2.95. The lowest BCUT2D eigenvalue weighted by Crippen LogP contribution is -2.23. The van der Waals surface area contributed by atoms with Crippen molar-refractivity contribution in [3.05, 3.63) is 91.9 Å². The maximum atomic E-state index is 13.1. The first-order chi connectivity index (χ1) is 15.3. The summed E-state index contributed by atoms with van der Waals surface area (Å²) in [6.45, 7) is 1.51. The van der Waals surface area contributed by atoms with Crippen LogP contribution in [0.2, 0.25) is 0 Å². The molecule has 0 saturated carbocycles. The number of non-ortho nitro benzene ring substituents is 1. The Morgan fingerprint density at radius 3 is 2.41 bits per heavy atom. The Morgan fingerprint density at radius 1 is 1.16 bits per heavy atom. The van der Waals surface area contributed by atoms with E-state index >= 15 is 0 Å². The maximum absolute atomic E-state index is 13.1. The van der Waals surface area contributed by atoms with E-state index in [1.54, 1.807) is 30.3 Å². The second-order valence-electron chi connectivity index (χ2n) is 6.64. The summed E-state index contributed by atoms with van der Waals surface area (Å²) in [5.74, 6) is -1.06. The van der Waals surface area contributed by atoms with Gasteiger partial charge in [0.2, 0.25) is 0 Å². The van der Waals surface area contributed by atoms with Gasteiger partial charge in [-0.2, -0.15) is 5.10 Å². The number of hydrogen-bond donors (Lipinski definition) is 2. The molecule has 0 unspecified atom stereocenters. The quantitative estimate of drug-likeness (QED) is 0.250. The largest absolute Gasteiger partial charge is 0.469 e. The van der Waals surface area contributed by atoms with E-state index in [9.17, 15) is 24.5 Å². The molecule has 2 aromatic carbocycles. The smallest absolute Gasteiger partial charge is 0.311 e. The molecule has 164 valence electrons. The predicted molar refractivity (Wildman–Crippen MR) is 115 cm³/mol. The Balaban J connectivity index is 1.99. The first-order valence-electron chi connectivity index (χ1n) is 9.37. The van der Waals surface area contributed by atoms with Crippen LogP contribution in [0, 0.1) is 10.1 Å². The molecule has 2 N–H and O–H groups in total. The highest BCUT2D eigenvalue weighted by Gasteiger charge is 2.21. The summed E-state index contributed by atoms with van der Waals surface area (Å²) >= 11 is 0. The summed E-state index contributed by atoms with van der Waals surface area (Å²) < 4.78 is 5.82. The second-order valence-corrected chi connectivity index (χ2v) is 6.64. The van der Waals surface area contributed by atoms with Crippen LogP contribution in [0.25, 0.3) is 5.69 Å². The standard InChI is InChI=1S/C21H19N5O6/c1-13(22-23-20(28)14-6-4-3-5-7-14)19-17(12-18(27)32-2)24-25(21(19)29)15-8-10-16(11-9-15)26(30)31/h3-11,24H,12H2,1-2H3,(H,23,28)/b22-13+.